The van der Waals surface area contributed by atoms with E-state index in [0.29, 0.717) is 18.1 Å². The lowest BCUT2D eigenvalue weighted by Gasteiger charge is -2.10. The van der Waals surface area contributed by atoms with Crippen molar-refractivity contribution in [3.05, 3.63) is 65.5 Å². The Kier molecular flexibility index (Phi) is 7.12. The highest BCUT2D eigenvalue weighted by molar-refractivity contribution is 7.99. The van der Waals surface area contributed by atoms with E-state index in [0.717, 1.165) is 16.9 Å². The maximum absolute atomic E-state index is 12.8. The smallest absolute Gasteiger partial charge is 0.230 e. The Hall–Kier alpha value is -2.01. The van der Waals surface area contributed by atoms with E-state index in [1.807, 2.05) is 38.1 Å². The van der Waals surface area contributed by atoms with Crippen LogP contribution < -0.4 is 10.1 Å². The van der Waals surface area contributed by atoms with E-state index in [9.17, 15) is 9.18 Å². The highest BCUT2D eigenvalue weighted by atomic mass is 32.2. The van der Waals surface area contributed by atoms with E-state index >= 15 is 0 Å². The van der Waals surface area contributed by atoms with Crippen molar-refractivity contribution in [1.82, 2.24) is 5.32 Å². The van der Waals surface area contributed by atoms with E-state index in [2.05, 4.69) is 5.32 Å². The number of halogens is 1. The maximum Gasteiger partial charge on any atom is 0.230 e. The van der Waals surface area contributed by atoms with Crippen LogP contribution in [0.3, 0.4) is 0 Å². The average Bonchev–Trinajstić information content (AvgIpc) is 2.55. The van der Waals surface area contributed by atoms with Crippen molar-refractivity contribution >= 4 is 17.7 Å². The van der Waals surface area contributed by atoms with Gasteiger partial charge in [-0.2, -0.15) is 0 Å². The number of hydrogen-bond donors (Lipinski definition) is 1. The first-order chi connectivity index (χ1) is 11.5. The van der Waals surface area contributed by atoms with Crippen LogP contribution in [0.2, 0.25) is 0 Å². The van der Waals surface area contributed by atoms with Gasteiger partial charge in [0, 0.05) is 12.3 Å². The van der Waals surface area contributed by atoms with Gasteiger partial charge >= 0.3 is 0 Å². The summed E-state index contributed by atoms with van der Waals surface area (Å²) in [7, 11) is 0. The molecule has 0 unspecified atom stereocenters. The fourth-order valence-corrected chi connectivity index (χ4v) is 2.87. The molecule has 0 bridgehead atoms. The normalized spacial score (nSPS) is 10.7. The van der Waals surface area contributed by atoms with Gasteiger partial charge in [0.15, 0.2) is 0 Å². The second-order valence-electron chi connectivity index (χ2n) is 5.71. The first-order valence-electron chi connectivity index (χ1n) is 7.87. The molecule has 1 N–H and O–H groups in total. The van der Waals surface area contributed by atoms with Gasteiger partial charge in [-0.3, -0.25) is 4.79 Å². The largest absolute Gasteiger partial charge is 0.491 e. The van der Waals surface area contributed by atoms with Crippen LogP contribution in [0, 0.1) is 5.82 Å². The van der Waals surface area contributed by atoms with Crippen LogP contribution in [0.1, 0.15) is 25.0 Å². The van der Waals surface area contributed by atoms with Crippen molar-refractivity contribution in [2.45, 2.75) is 32.2 Å². The number of carbonyl (C=O) groups excluding carboxylic acids is 1. The van der Waals surface area contributed by atoms with Gasteiger partial charge in [0.25, 0.3) is 0 Å². The molecular weight excluding hydrogens is 325 g/mol. The Labute approximate surface area is 146 Å². The van der Waals surface area contributed by atoms with Crippen molar-refractivity contribution in [3.8, 4) is 5.75 Å². The number of ether oxygens (including phenoxy) is 1. The molecule has 0 radical (unpaired) electrons. The standard InChI is InChI=1S/C19H22FNO2S/c1-14(2)23-18-9-5-15(6-10-18)11-21-19(22)13-24-12-16-3-7-17(20)8-4-16/h3-10,14H,11-13H2,1-2H3,(H,21,22). The van der Waals surface area contributed by atoms with E-state index in [1.165, 1.54) is 23.9 Å². The molecule has 0 aliphatic heterocycles. The molecule has 0 aliphatic carbocycles. The second kappa shape index (κ2) is 9.33. The first-order valence-corrected chi connectivity index (χ1v) is 9.03. The summed E-state index contributed by atoms with van der Waals surface area (Å²) in [5, 5.41) is 2.89. The van der Waals surface area contributed by atoms with Gasteiger partial charge in [-0.05, 0) is 49.2 Å². The fourth-order valence-electron chi connectivity index (χ4n) is 2.05. The predicted molar refractivity (Wildman–Crippen MR) is 96.6 cm³/mol. The van der Waals surface area contributed by atoms with Gasteiger partial charge in [-0.15, -0.1) is 11.8 Å². The maximum atomic E-state index is 12.8. The zero-order valence-electron chi connectivity index (χ0n) is 13.9. The molecule has 128 valence electrons. The summed E-state index contributed by atoms with van der Waals surface area (Å²) < 4.78 is 18.4. The van der Waals surface area contributed by atoms with E-state index in [1.54, 1.807) is 12.1 Å². The summed E-state index contributed by atoms with van der Waals surface area (Å²) in [4.78, 5) is 11.9. The zero-order chi connectivity index (χ0) is 17.4. The van der Waals surface area contributed by atoms with E-state index in [4.69, 9.17) is 4.74 Å². The zero-order valence-corrected chi connectivity index (χ0v) is 14.7. The van der Waals surface area contributed by atoms with Gasteiger partial charge in [0.2, 0.25) is 5.91 Å². The monoisotopic (exact) mass is 347 g/mol. The molecule has 2 aromatic rings. The molecule has 0 fully saturated rings. The first kappa shape index (κ1) is 18.3. The Balaban J connectivity index is 1.68. The Bertz CT molecular complexity index is 641. The quantitative estimate of drug-likeness (QED) is 0.779. The number of amides is 1. The van der Waals surface area contributed by atoms with Crippen LogP contribution in [0.4, 0.5) is 4.39 Å². The second-order valence-corrected chi connectivity index (χ2v) is 6.69. The van der Waals surface area contributed by atoms with Crippen LogP contribution in [0.25, 0.3) is 0 Å². The van der Waals surface area contributed by atoms with Crippen molar-refractivity contribution in [2.24, 2.45) is 0 Å². The molecule has 0 heterocycles. The molecule has 0 spiro atoms. The number of carbonyl (C=O) groups is 1. The Morgan fingerprint density at radius 2 is 1.71 bits per heavy atom. The third kappa shape index (κ3) is 6.62. The fraction of sp³-hybridized carbons (Fsp3) is 0.316. The lowest BCUT2D eigenvalue weighted by Crippen LogP contribution is -2.24. The highest BCUT2D eigenvalue weighted by Crippen LogP contribution is 2.14. The molecule has 1 amide bonds. The van der Waals surface area contributed by atoms with Gasteiger partial charge in [-0.1, -0.05) is 24.3 Å². The molecule has 3 nitrogen and oxygen atoms in total. The average molecular weight is 347 g/mol. The van der Waals surface area contributed by atoms with Crippen LogP contribution >= 0.6 is 11.8 Å². The Morgan fingerprint density at radius 3 is 2.33 bits per heavy atom. The number of hydrogen-bond acceptors (Lipinski definition) is 3. The van der Waals surface area contributed by atoms with Crippen molar-refractivity contribution < 1.29 is 13.9 Å². The van der Waals surface area contributed by atoms with Gasteiger partial charge in [0.1, 0.15) is 11.6 Å². The summed E-state index contributed by atoms with van der Waals surface area (Å²) in [5.41, 5.74) is 2.04. The minimum atomic E-state index is -0.244. The van der Waals surface area contributed by atoms with Crippen LogP contribution in [-0.4, -0.2) is 17.8 Å². The molecule has 0 saturated heterocycles. The van der Waals surface area contributed by atoms with E-state index in [-0.39, 0.29) is 17.8 Å². The lowest BCUT2D eigenvalue weighted by molar-refractivity contribution is -0.118. The summed E-state index contributed by atoms with van der Waals surface area (Å²) in [5.74, 6) is 1.65. The molecule has 0 aliphatic rings. The third-order valence-corrected chi connectivity index (χ3v) is 4.20. The Morgan fingerprint density at radius 1 is 1.08 bits per heavy atom. The van der Waals surface area contributed by atoms with Gasteiger partial charge in [-0.25, -0.2) is 4.39 Å². The summed E-state index contributed by atoms with van der Waals surface area (Å²) in [6.45, 7) is 4.47. The van der Waals surface area contributed by atoms with Crippen molar-refractivity contribution in [3.63, 3.8) is 0 Å². The third-order valence-electron chi connectivity index (χ3n) is 3.20. The number of nitrogens with one attached hydrogen (secondary N) is 1. The molecule has 0 saturated carbocycles. The van der Waals surface area contributed by atoms with Gasteiger partial charge < -0.3 is 10.1 Å². The predicted octanol–water partition coefficient (Wildman–Crippen LogP) is 4.16. The van der Waals surface area contributed by atoms with Crippen molar-refractivity contribution in [1.29, 1.82) is 0 Å². The van der Waals surface area contributed by atoms with Crippen molar-refractivity contribution in [2.75, 3.05) is 5.75 Å². The SMILES string of the molecule is CC(C)Oc1ccc(CNC(=O)CSCc2ccc(F)cc2)cc1. The van der Waals surface area contributed by atoms with Gasteiger partial charge in [0.05, 0.1) is 11.9 Å². The number of rotatable bonds is 8. The number of thioether (sulfide) groups is 1. The summed E-state index contributed by atoms with van der Waals surface area (Å²) >= 11 is 1.51. The molecule has 5 heteroatoms. The topological polar surface area (TPSA) is 38.3 Å². The summed E-state index contributed by atoms with van der Waals surface area (Å²) in [6.07, 6.45) is 0.147. The molecule has 0 aromatic heterocycles. The lowest BCUT2D eigenvalue weighted by atomic mass is 10.2. The molecule has 24 heavy (non-hydrogen) atoms. The van der Waals surface area contributed by atoms with Crippen LogP contribution in [-0.2, 0) is 17.1 Å². The minimum Gasteiger partial charge on any atom is -0.491 e. The molecule has 2 rings (SSSR count). The minimum absolute atomic E-state index is 0.00961. The number of benzene rings is 2. The van der Waals surface area contributed by atoms with Crippen LogP contribution in [0.5, 0.6) is 5.75 Å². The molecule has 2 aromatic carbocycles. The summed E-state index contributed by atoms with van der Waals surface area (Å²) in [6, 6.07) is 14.1. The highest BCUT2D eigenvalue weighted by Gasteiger charge is 2.03. The molecule has 0 atom stereocenters. The van der Waals surface area contributed by atoms with E-state index < -0.39 is 0 Å². The molecular formula is C19H22FNO2S. The van der Waals surface area contributed by atoms with Crippen LogP contribution in [0.15, 0.2) is 48.5 Å².